The standard InChI is InChI=1S/C30H28I2N4O4.2ClH.Sn/c1-13-17(5-7-27(37)38)23-12-24-18(6-8-28(39)40)14(2)20(34-24)10-25-30(32)16(4)22(36-25)11-26-29(31)15(3)21(35-26)9-19(13)33-23;;;/h9-12H,5-8H2,1-4H3,(H4,33,34,35,36,37,38,39,40);2*1H;/q;;;+4/p-4. The van der Waals surface area contributed by atoms with Gasteiger partial charge in [0.1, 0.15) is 0 Å². The number of carboxylic acids is 2. The van der Waals surface area contributed by atoms with Gasteiger partial charge in [-0.15, -0.1) is 22.1 Å². The number of aryl methyl sites for hydroxylation is 4. The van der Waals surface area contributed by atoms with Crippen LogP contribution in [0.4, 0.5) is 0 Å². The Morgan fingerprint density at radius 1 is 0.674 bits per heavy atom. The molecule has 2 aliphatic heterocycles. The van der Waals surface area contributed by atoms with Crippen molar-refractivity contribution in [3.8, 4) is 0 Å². The molecule has 0 atom stereocenters. The van der Waals surface area contributed by atoms with Crippen molar-refractivity contribution in [2.75, 3.05) is 0 Å². The molecule has 222 valence electrons. The van der Waals surface area contributed by atoms with Gasteiger partial charge in [0.25, 0.3) is 0 Å². The molecule has 0 saturated heterocycles. The van der Waals surface area contributed by atoms with Crippen molar-refractivity contribution < 1.29 is 47.5 Å². The summed E-state index contributed by atoms with van der Waals surface area (Å²) in [5, 5.41) is 22.7. The Kier molecular flexibility index (Phi) is 13.2. The second kappa shape index (κ2) is 15.1. The molecule has 0 amide bonds. The van der Waals surface area contributed by atoms with Crippen molar-refractivity contribution in [2.45, 2.75) is 53.4 Å². The van der Waals surface area contributed by atoms with Crippen LogP contribution < -0.4 is 45.0 Å². The largest absolute Gasteiger partial charge is 4.00 e. The predicted molar refractivity (Wildman–Crippen MR) is 176 cm³/mol. The van der Waals surface area contributed by atoms with Crippen LogP contribution in [0.25, 0.3) is 40.4 Å². The predicted octanol–water partition coefficient (Wildman–Crippen LogP) is -1.95. The van der Waals surface area contributed by atoms with Gasteiger partial charge in [-0.1, -0.05) is 34.4 Å². The first kappa shape index (κ1) is 37.6. The summed E-state index contributed by atoms with van der Waals surface area (Å²) in [6.07, 6.45) is 0.193. The fourth-order valence-corrected chi connectivity index (χ4v) is 6.09. The zero-order chi connectivity index (χ0) is 28.9. The average molecular weight is 950 g/mol. The molecule has 3 aromatic rings. The summed E-state index contributed by atoms with van der Waals surface area (Å²) in [4.78, 5) is 42.3. The smallest absolute Gasteiger partial charge is 1.00 e. The zero-order valence-corrected chi connectivity index (χ0v) is 32.3. The molecule has 43 heavy (non-hydrogen) atoms. The van der Waals surface area contributed by atoms with Crippen LogP contribution in [0, 0.1) is 13.8 Å². The first-order chi connectivity index (χ1) is 18.9. The summed E-state index contributed by atoms with van der Waals surface area (Å²) in [6, 6.07) is 7.66. The fourth-order valence-electron chi connectivity index (χ4n) is 4.99. The van der Waals surface area contributed by atoms with Gasteiger partial charge in [-0.25, -0.2) is 9.97 Å². The number of halogens is 4. The SMILES string of the molecule is CC1=C(I)c2cc3nc(cc4[n-]c(cc5[n-]c(cc1n2)c(C)c5CCC(=O)[O-])c(CCC(=O)[O-])c4C)C(I)=C3C.[Cl-].[Cl-].[H+].[H+].[Sn+4]. The van der Waals surface area contributed by atoms with Crippen molar-refractivity contribution in [1.82, 2.24) is 19.9 Å². The van der Waals surface area contributed by atoms with E-state index in [9.17, 15) is 19.8 Å². The van der Waals surface area contributed by atoms with Crippen molar-refractivity contribution in [1.29, 1.82) is 0 Å². The number of carbonyl (C=O) groups excluding carboxylic acids is 2. The third-order valence-corrected chi connectivity index (χ3v) is 10.1. The Labute approximate surface area is 308 Å². The Morgan fingerprint density at radius 2 is 1.05 bits per heavy atom. The van der Waals surface area contributed by atoms with Gasteiger partial charge in [-0.05, 0) is 122 Å². The van der Waals surface area contributed by atoms with Crippen LogP contribution in [-0.4, -0.2) is 45.8 Å². The summed E-state index contributed by atoms with van der Waals surface area (Å²) >= 11 is 4.60. The monoisotopic (exact) mass is 950 g/mol. The molecule has 0 saturated carbocycles. The van der Waals surface area contributed by atoms with E-state index in [1.165, 1.54) is 0 Å². The van der Waals surface area contributed by atoms with Crippen molar-refractivity contribution >= 4 is 121 Å². The van der Waals surface area contributed by atoms with Gasteiger partial charge in [0.2, 0.25) is 0 Å². The van der Waals surface area contributed by atoms with E-state index in [-0.39, 0.29) is 77.3 Å². The van der Waals surface area contributed by atoms with Crippen LogP contribution in [0.2, 0.25) is 0 Å². The van der Waals surface area contributed by atoms with Gasteiger partial charge >= 0.3 is 26.8 Å². The Bertz CT molecular complexity index is 1730. The maximum absolute atomic E-state index is 11.4. The molecule has 0 unspecified atom stereocenters. The third-order valence-electron chi connectivity index (χ3n) is 7.38. The van der Waals surface area contributed by atoms with E-state index < -0.39 is 11.9 Å². The summed E-state index contributed by atoms with van der Waals surface area (Å²) in [6.45, 7) is 7.89. The number of carboxylic acid groups (broad SMARTS) is 2. The zero-order valence-electron chi connectivity index (χ0n) is 25.6. The maximum atomic E-state index is 11.4. The Morgan fingerprint density at radius 3 is 1.47 bits per heavy atom. The second-order valence-corrected chi connectivity index (χ2v) is 12.1. The maximum Gasteiger partial charge on any atom is 4.00 e. The Hall–Kier alpha value is -1.62. The number of allylic oxidation sites excluding steroid dienone is 2. The first-order valence-corrected chi connectivity index (χ1v) is 14.9. The van der Waals surface area contributed by atoms with Crippen molar-refractivity contribution in [2.24, 2.45) is 0 Å². The van der Waals surface area contributed by atoms with Crippen LogP contribution in [-0.2, 0) is 22.4 Å². The van der Waals surface area contributed by atoms with Gasteiger partial charge in [-0.2, -0.15) is 0 Å². The van der Waals surface area contributed by atoms with E-state index in [2.05, 4.69) is 45.2 Å². The number of carbonyl (C=O) groups is 2. The molecule has 8 bridgehead atoms. The van der Waals surface area contributed by atoms with E-state index in [0.717, 1.165) is 63.3 Å². The number of aromatic nitrogens is 4. The van der Waals surface area contributed by atoms with E-state index >= 15 is 0 Å². The number of nitrogens with zero attached hydrogens (tertiary/aromatic N) is 4. The minimum absolute atomic E-state index is 0. The molecule has 13 heteroatoms. The molecular formula is C30H26Cl2I2N4O4Sn. The molecule has 0 radical (unpaired) electrons. The molecule has 0 fully saturated rings. The molecule has 5 heterocycles. The van der Waals surface area contributed by atoms with E-state index in [0.29, 0.717) is 22.1 Å². The van der Waals surface area contributed by atoms with Crippen LogP contribution in [0.5, 0.6) is 0 Å². The summed E-state index contributed by atoms with van der Waals surface area (Å²) in [7, 11) is 0. The molecule has 5 rings (SSSR count). The topological polar surface area (TPSA) is 134 Å². The van der Waals surface area contributed by atoms with Gasteiger partial charge in [-0.3, -0.25) is 0 Å². The van der Waals surface area contributed by atoms with Gasteiger partial charge in [0, 0.05) is 19.1 Å². The fraction of sp³-hybridized carbons (Fsp3) is 0.267. The van der Waals surface area contributed by atoms with Crippen LogP contribution >= 0.6 is 45.2 Å². The quantitative estimate of drug-likeness (QED) is 0.206. The molecule has 0 aromatic carbocycles. The summed E-state index contributed by atoms with van der Waals surface area (Å²) in [5.74, 6) is -2.28. The number of hydrogen-bond acceptors (Lipinski definition) is 6. The molecule has 0 spiro atoms. The molecule has 0 N–H and O–H groups in total. The van der Waals surface area contributed by atoms with Gasteiger partial charge in [0.05, 0.1) is 22.8 Å². The molecule has 0 aliphatic carbocycles. The normalized spacial score (nSPS) is 12.4. The van der Waals surface area contributed by atoms with Gasteiger partial charge < -0.3 is 54.6 Å². The minimum atomic E-state index is -1.14. The average Bonchev–Trinajstić information content (AvgIpc) is 3.53. The molecule has 2 aliphatic rings. The summed E-state index contributed by atoms with van der Waals surface area (Å²) < 4.78 is 2.03. The molecule has 3 aromatic heterocycles. The Balaban J connectivity index is 0.00000387. The van der Waals surface area contributed by atoms with Crippen LogP contribution in [0.15, 0.2) is 24.3 Å². The van der Waals surface area contributed by atoms with Gasteiger partial charge in [0.15, 0.2) is 0 Å². The van der Waals surface area contributed by atoms with E-state index in [1.807, 2.05) is 52.0 Å². The van der Waals surface area contributed by atoms with Crippen molar-refractivity contribution in [3.05, 3.63) is 69.3 Å². The number of rotatable bonds is 6. The number of fused-ring (bicyclic) bond motifs is 8. The number of aliphatic carboxylic acids is 2. The second-order valence-electron chi connectivity index (χ2n) is 9.94. The molecule has 8 nitrogen and oxygen atoms in total. The summed E-state index contributed by atoms with van der Waals surface area (Å²) in [5.41, 5.74) is 11.1. The third kappa shape index (κ3) is 7.61. The van der Waals surface area contributed by atoms with Crippen molar-refractivity contribution in [3.63, 3.8) is 0 Å². The van der Waals surface area contributed by atoms with Crippen LogP contribution in [0.3, 0.4) is 0 Å². The number of hydrogen-bond donors (Lipinski definition) is 0. The van der Waals surface area contributed by atoms with Crippen LogP contribution in [0.1, 0.15) is 74.6 Å². The van der Waals surface area contributed by atoms with E-state index in [4.69, 9.17) is 19.9 Å². The first-order valence-electron chi connectivity index (χ1n) is 12.7. The molecular weight excluding hydrogens is 924 g/mol. The minimum Gasteiger partial charge on any atom is -1.00 e. The van der Waals surface area contributed by atoms with E-state index in [1.54, 1.807) is 0 Å².